The van der Waals surface area contributed by atoms with Gasteiger partial charge in [0.15, 0.2) is 0 Å². The van der Waals surface area contributed by atoms with Crippen LogP contribution in [0, 0.1) is 28.5 Å². The molecule has 2 heterocycles. The summed E-state index contributed by atoms with van der Waals surface area (Å²) in [5.41, 5.74) is -7.87. The fourth-order valence-electron chi connectivity index (χ4n) is 6.57. The SMILES string of the molecule is FC(F)(F)C1(c2cc(Cl)cc(Cl)c2)CCNC1.N#Cc1ccc(F)cc1C(F)(F)F.N#Cc1ccc(N2CCC(c3cc(Cl)cc(Cl)c3)(C(F)(F)F)C2)cc1C(F)(F)F. The Morgan fingerprint density at radius 1 is 0.576 bits per heavy atom. The number of anilines is 1. The average molecular weight is 926 g/mol. The summed E-state index contributed by atoms with van der Waals surface area (Å²) in [6.07, 6.45) is -18.9. The minimum atomic E-state index is -4.80. The van der Waals surface area contributed by atoms with Gasteiger partial charge in [-0.25, -0.2) is 4.39 Å². The Morgan fingerprint density at radius 2 is 1.02 bits per heavy atom. The van der Waals surface area contributed by atoms with E-state index in [0.29, 0.717) is 18.7 Å². The molecule has 316 valence electrons. The van der Waals surface area contributed by atoms with Crippen molar-refractivity contribution in [2.45, 2.75) is 48.4 Å². The van der Waals surface area contributed by atoms with Crippen molar-refractivity contribution in [3.05, 3.63) is 132 Å². The maximum absolute atomic E-state index is 14.1. The Kier molecular flexibility index (Phi) is 14.4. The molecule has 6 rings (SSSR count). The van der Waals surface area contributed by atoms with E-state index in [1.54, 1.807) is 0 Å². The third-order valence-electron chi connectivity index (χ3n) is 9.54. The topological polar surface area (TPSA) is 62.9 Å². The van der Waals surface area contributed by atoms with Crippen LogP contribution in [0.2, 0.25) is 20.1 Å². The molecule has 0 bridgehead atoms. The Morgan fingerprint density at radius 3 is 1.42 bits per heavy atom. The Balaban J connectivity index is 0.000000216. The summed E-state index contributed by atoms with van der Waals surface area (Å²) in [5, 5.41) is 20.5. The van der Waals surface area contributed by atoms with E-state index in [9.17, 15) is 57.1 Å². The summed E-state index contributed by atoms with van der Waals surface area (Å²) in [5.74, 6) is -1.01. The van der Waals surface area contributed by atoms with Gasteiger partial charge in [0.1, 0.15) is 16.6 Å². The molecule has 0 spiro atoms. The Labute approximate surface area is 347 Å². The van der Waals surface area contributed by atoms with Crippen LogP contribution in [-0.4, -0.2) is 38.5 Å². The number of benzene rings is 4. The highest BCUT2D eigenvalue weighted by atomic mass is 35.5. The molecule has 1 N–H and O–H groups in total. The minimum Gasteiger partial charge on any atom is -0.370 e. The van der Waals surface area contributed by atoms with Crippen LogP contribution in [0.4, 0.5) is 62.8 Å². The van der Waals surface area contributed by atoms with Crippen molar-refractivity contribution in [3.8, 4) is 12.1 Å². The molecular weight excluding hydrogens is 901 g/mol. The molecule has 0 aliphatic carbocycles. The van der Waals surface area contributed by atoms with E-state index in [2.05, 4.69) is 5.32 Å². The molecule has 59 heavy (non-hydrogen) atoms. The van der Waals surface area contributed by atoms with Gasteiger partial charge in [-0.2, -0.15) is 63.2 Å². The van der Waals surface area contributed by atoms with Crippen LogP contribution in [0.25, 0.3) is 0 Å². The summed E-state index contributed by atoms with van der Waals surface area (Å²) < 4.78 is 170. The fraction of sp³-hybridized carbons (Fsp3) is 0.316. The summed E-state index contributed by atoms with van der Waals surface area (Å²) in [6.45, 7) is -0.528. The van der Waals surface area contributed by atoms with Crippen molar-refractivity contribution in [2.24, 2.45) is 0 Å². The van der Waals surface area contributed by atoms with Gasteiger partial charge in [-0.3, -0.25) is 0 Å². The highest BCUT2D eigenvalue weighted by molar-refractivity contribution is 6.35. The largest absolute Gasteiger partial charge is 0.417 e. The minimum absolute atomic E-state index is 0.00711. The molecule has 4 aromatic rings. The molecule has 2 fully saturated rings. The van der Waals surface area contributed by atoms with E-state index in [0.717, 1.165) is 18.2 Å². The van der Waals surface area contributed by atoms with Gasteiger partial charge in [-0.05, 0) is 103 Å². The van der Waals surface area contributed by atoms with Crippen LogP contribution < -0.4 is 10.2 Å². The molecule has 0 aromatic heterocycles. The molecule has 2 saturated heterocycles. The smallest absolute Gasteiger partial charge is 0.370 e. The lowest BCUT2D eigenvalue weighted by atomic mass is 9.79. The number of halogens is 17. The monoisotopic (exact) mass is 924 g/mol. The number of hydrogen-bond donors (Lipinski definition) is 1. The first-order chi connectivity index (χ1) is 27.2. The summed E-state index contributed by atoms with van der Waals surface area (Å²) >= 11 is 23.3. The molecule has 4 nitrogen and oxygen atoms in total. The second-order valence-electron chi connectivity index (χ2n) is 13.2. The first-order valence-corrected chi connectivity index (χ1v) is 18.1. The Bertz CT molecular complexity index is 2200. The third kappa shape index (κ3) is 10.8. The van der Waals surface area contributed by atoms with E-state index in [1.165, 1.54) is 59.5 Å². The lowest BCUT2D eigenvalue weighted by Gasteiger charge is -2.33. The number of alkyl halides is 12. The second kappa shape index (κ2) is 17.8. The predicted octanol–water partition coefficient (Wildman–Crippen LogP) is 13.1. The van der Waals surface area contributed by atoms with Crippen LogP contribution in [0.3, 0.4) is 0 Å². The second-order valence-corrected chi connectivity index (χ2v) is 15.0. The van der Waals surface area contributed by atoms with Gasteiger partial charge in [0.2, 0.25) is 0 Å². The Hall–Kier alpha value is -4.13. The van der Waals surface area contributed by atoms with Gasteiger partial charge in [-0.15, -0.1) is 0 Å². The molecule has 2 aliphatic heterocycles. The average Bonchev–Trinajstić information content (AvgIpc) is 3.81. The number of rotatable bonds is 3. The van der Waals surface area contributed by atoms with Gasteiger partial charge >= 0.3 is 24.7 Å². The van der Waals surface area contributed by atoms with Gasteiger partial charge in [0.25, 0.3) is 0 Å². The van der Waals surface area contributed by atoms with Crippen molar-refractivity contribution in [2.75, 3.05) is 31.1 Å². The zero-order valence-corrected chi connectivity index (χ0v) is 32.5. The van der Waals surface area contributed by atoms with Crippen molar-refractivity contribution in [1.29, 1.82) is 10.5 Å². The molecule has 21 heteroatoms. The summed E-state index contributed by atoms with van der Waals surface area (Å²) in [6, 6.07) is 15.4. The van der Waals surface area contributed by atoms with Gasteiger partial charge in [0, 0.05) is 45.4 Å². The van der Waals surface area contributed by atoms with Crippen LogP contribution in [0.15, 0.2) is 72.8 Å². The van der Waals surface area contributed by atoms with Crippen molar-refractivity contribution < 1.29 is 57.1 Å². The lowest BCUT2D eigenvalue weighted by molar-refractivity contribution is -0.185. The van der Waals surface area contributed by atoms with Crippen LogP contribution in [-0.2, 0) is 23.2 Å². The number of nitrogens with one attached hydrogen (secondary N) is 1. The van der Waals surface area contributed by atoms with Crippen LogP contribution in [0.1, 0.15) is 46.2 Å². The van der Waals surface area contributed by atoms with E-state index in [-0.39, 0.29) is 62.8 Å². The number of nitriles is 2. The van der Waals surface area contributed by atoms with E-state index in [1.807, 2.05) is 0 Å². The molecular formula is C38H25Cl4F13N4. The lowest BCUT2D eigenvalue weighted by Crippen LogP contribution is -2.44. The van der Waals surface area contributed by atoms with E-state index in [4.69, 9.17) is 56.9 Å². The standard InChI is InChI=1S/C19H12Cl2F6N2.C11H10Cl2F3N.C8H3F4N/c20-13-5-12(6-14(21)7-13)17(19(25,26)27)3-4-29(10-17)15-2-1-11(9-28)16(8-15)18(22,23)24;12-8-3-7(4-9(13)5-8)10(11(14,15)16)1-2-17-6-10;9-6-2-1-5(4-13)7(3-6)8(10,11)12/h1-2,5-8H,3-4,10H2;3-5,17H,1-2,6H2;1-3H. The summed E-state index contributed by atoms with van der Waals surface area (Å²) in [7, 11) is 0. The number of nitrogens with zero attached hydrogens (tertiary/aromatic N) is 3. The van der Waals surface area contributed by atoms with Gasteiger partial charge in [-0.1, -0.05) is 46.4 Å². The molecule has 0 saturated carbocycles. The third-order valence-corrected chi connectivity index (χ3v) is 10.4. The quantitative estimate of drug-likeness (QED) is 0.208. The highest BCUT2D eigenvalue weighted by Gasteiger charge is 2.60. The van der Waals surface area contributed by atoms with Crippen LogP contribution >= 0.6 is 46.4 Å². The fourth-order valence-corrected chi connectivity index (χ4v) is 7.63. The molecule has 0 amide bonds. The van der Waals surface area contributed by atoms with Gasteiger partial charge < -0.3 is 10.2 Å². The van der Waals surface area contributed by atoms with Gasteiger partial charge in [0.05, 0.1) is 34.4 Å². The van der Waals surface area contributed by atoms with Crippen LogP contribution in [0.5, 0.6) is 0 Å². The first kappa shape index (κ1) is 47.5. The molecule has 4 aromatic carbocycles. The number of hydrogen-bond acceptors (Lipinski definition) is 4. The zero-order chi connectivity index (χ0) is 44.4. The normalized spacial score (nSPS) is 19.5. The van der Waals surface area contributed by atoms with Crippen molar-refractivity contribution in [3.63, 3.8) is 0 Å². The molecule has 2 unspecified atom stereocenters. The molecule has 0 radical (unpaired) electrons. The maximum Gasteiger partial charge on any atom is 0.417 e. The van der Waals surface area contributed by atoms with Crippen molar-refractivity contribution >= 4 is 52.1 Å². The predicted molar refractivity (Wildman–Crippen MR) is 195 cm³/mol. The zero-order valence-electron chi connectivity index (χ0n) is 29.4. The molecule has 2 aliphatic rings. The summed E-state index contributed by atoms with van der Waals surface area (Å²) in [4.78, 5) is 1.22. The first-order valence-electron chi connectivity index (χ1n) is 16.6. The van der Waals surface area contributed by atoms with Crippen molar-refractivity contribution in [1.82, 2.24) is 5.32 Å². The van der Waals surface area contributed by atoms with E-state index >= 15 is 0 Å². The maximum atomic E-state index is 14.1. The molecule has 2 atom stereocenters. The highest BCUT2D eigenvalue weighted by Crippen LogP contribution is 2.50. The van der Waals surface area contributed by atoms with E-state index < -0.39 is 70.2 Å².